The fraction of sp³-hybridized carbons (Fsp3) is 0.818. The molecule has 1 spiro atoms. The van der Waals surface area contributed by atoms with Crippen molar-refractivity contribution >= 4 is 0 Å². The molecule has 0 unspecified atom stereocenters. The van der Waals surface area contributed by atoms with Crippen LogP contribution < -0.4 is 0 Å². The maximum atomic E-state index is 4.05. The van der Waals surface area contributed by atoms with Gasteiger partial charge >= 0.3 is 0 Å². The quantitative estimate of drug-likeness (QED) is 0.502. The summed E-state index contributed by atoms with van der Waals surface area (Å²) >= 11 is 0. The van der Waals surface area contributed by atoms with Crippen LogP contribution in [0.2, 0.25) is 0 Å². The third-order valence-corrected chi connectivity index (χ3v) is 3.70. The number of hydrogen-bond donors (Lipinski definition) is 0. The largest absolute Gasteiger partial charge is 0.0999 e. The monoisotopic (exact) mass is 150 g/mol. The van der Waals surface area contributed by atoms with Gasteiger partial charge in [0.1, 0.15) is 0 Å². The van der Waals surface area contributed by atoms with E-state index in [0.717, 1.165) is 11.3 Å². The van der Waals surface area contributed by atoms with Gasteiger partial charge < -0.3 is 0 Å². The molecule has 0 radical (unpaired) electrons. The zero-order valence-electron chi connectivity index (χ0n) is 7.53. The lowest BCUT2D eigenvalue weighted by atomic mass is 9.77. The molecular weight excluding hydrogens is 132 g/mol. The van der Waals surface area contributed by atoms with Crippen molar-refractivity contribution in [3.05, 3.63) is 12.2 Å². The molecule has 2 aliphatic carbocycles. The fourth-order valence-corrected chi connectivity index (χ4v) is 2.40. The number of rotatable bonds is 1. The van der Waals surface area contributed by atoms with Crippen LogP contribution in [0, 0.1) is 11.3 Å². The van der Waals surface area contributed by atoms with Gasteiger partial charge in [-0.3, -0.25) is 0 Å². The minimum absolute atomic E-state index is 0.853. The molecule has 11 heavy (non-hydrogen) atoms. The molecule has 0 aliphatic heterocycles. The molecular formula is C11H18. The molecule has 0 heterocycles. The minimum atomic E-state index is 0.853. The van der Waals surface area contributed by atoms with E-state index in [0.29, 0.717) is 0 Å². The zero-order chi connectivity index (χ0) is 7.90. The summed E-state index contributed by atoms with van der Waals surface area (Å²) in [6.45, 7) is 6.24. The predicted molar refractivity (Wildman–Crippen MR) is 48.4 cm³/mol. The molecule has 2 rings (SSSR count). The van der Waals surface area contributed by atoms with Crippen molar-refractivity contribution in [2.45, 2.75) is 45.4 Å². The van der Waals surface area contributed by atoms with E-state index in [-0.39, 0.29) is 0 Å². The van der Waals surface area contributed by atoms with Gasteiger partial charge in [-0.1, -0.05) is 12.2 Å². The Morgan fingerprint density at radius 2 is 1.73 bits per heavy atom. The summed E-state index contributed by atoms with van der Waals surface area (Å²) in [6.07, 6.45) is 8.88. The van der Waals surface area contributed by atoms with E-state index in [1.807, 2.05) is 0 Å². The van der Waals surface area contributed by atoms with E-state index in [1.165, 1.54) is 44.1 Å². The molecule has 0 bridgehead atoms. The van der Waals surface area contributed by atoms with E-state index >= 15 is 0 Å². The molecule has 0 amide bonds. The molecule has 0 nitrogen and oxygen atoms in total. The first-order valence-electron chi connectivity index (χ1n) is 4.87. The van der Waals surface area contributed by atoms with E-state index < -0.39 is 0 Å². The summed E-state index contributed by atoms with van der Waals surface area (Å²) in [5.74, 6) is 0.862. The minimum Gasteiger partial charge on any atom is -0.0999 e. The second-order valence-electron chi connectivity index (χ2n) is 4.62. The van der Waals surface area contributed by atoms with Gasteiger partial charge in [-0.2, -0.15) is 0 Å². The van der Waals surface area contributed by atoms with Crippen LogP contribution in [-0.2, 0) is 0 Å². The predicted octanol–water partition coefficient (Wildman–Crippen LogP) is 3.53. The third-order valence-electron chi connectivity index (χ3n) is 3.70. The Hall–Kier alpha value is -0.260. The summed E-state index contributed by atoms with van der Waals surface area (Å²) in [5, 5.41) is 0. The Balaban J connectivity index is 1.89. The molecule has 0 N–H and O–H groups in total. The van der Waals surface area contributed by atoms with Gasteiger partial charge in [0.15, 0.2) is 0 Å². The van der Waals surface area contributed by atoms with Gasteiger partial charge in [0, 0.05) is 0 Å². The Morgan fingerprint density at radius 1 is 1.18 bits per heavy atom. The standard InChI is InChI=1S/C11H18/c1-9(2)10-3-5-11(6-4-10)7-8-11/h10H,1,3-8H2,2H3. The molecule has 2 aliphatic rings. The van der Waals surface area contributed by atoms with Crippen LogP contribution >= 0.6 is 0 Å². The molecule has 0 atom stereocenters. The second-order valence-corrected chi connectivity index (χ2v) is 4.62. The second kappa shape index (κ2) is 2.36. The third kappa shape index (κ3) is 1.36. The van der Waals surface area contributed by atoms with Crippen LogP contribution in [0.4, 0.5) is 0 Å². The van der Waals surface area contributed by atoms with E-state index in [9.17, 15) is 0 Å². The van der Waals surface area contributed by atoms with Gasteiger partial charge in [-0.25, -0.2) is 0 Å². The zero-order valence-corrected chi connectivity index (χ0v) is 7.53. The summed E-state index contributed by atoms with van der Waals surface area (Å²) in [6, 6.07) is 0. The van der Waals surface area contributed by atoms with E-state index in [4.69, 9.17) is 0 Å². The lowest BCUT2D eigenvalue weighted by molar-refractivity contribution is 0.283. The Kier molecular flexibility index (Phi) is 1.59. The van der Waals surface area contributed by atoms with Crippen molar-refractivity contribution in [1.29, 1.82) is 0 Å². The van der Waals surface area contributed by atoms with Crippen molar-refractivity contribution in [2.24, 2.45) is 11.3 Å². The summed E-state index contributed by atoms with van der Waals surface area (Å²) < 4.78 is 0. The van der Waals surface area contributed by atoms with Gasteiger partial charge in [0.05, 0.1) is 0 Å². The summed E-state index contributed by atoms with van der Waals surface area (Å²) in [4.78, 5) is 0. The highest BCUT2D eigenvalue weighted by molar-refractivity contribution is 5.04. The molecule has 2 fully saturated rings. The SMILES string of the molecule is C=C(C)C1CCC2(CC1)CC2. The van der Waals surface area contributed by atoms with Crippen LogP contribution in [-0.4, -0.2) is 0 Å². The normalized spacial score (nSPS) is 28.8. The van der Waals surface area contributed by atoms with Crippen molar-refractivity contribution in [1.82, 2.24) is 0 Å². The Morgan fingerprint density at radius 3 is 2.09 bits per heavy atom. The Bertz CT molecular complexity index is 164. The highest BCUT2D eigenvalue weighted by Crippen LogP contribution is 2.57. The van der Waals surface area contributed by atoms with Gasteiger partial charge in [0.25, 0.3) is 0 Å². The van der Waals surface area contributed by atoms with Crippen molar-refractivity contribution in [3.63, 3.8) is 0 Å². The molecule has 2 saturated carbocycles. The first kappa shape index (κ1) is 7.39. The topological polar surface area (TPSA) is 0 Å². The molecule has 0 aromatic rings. The molecule has 0 aromatic heterocycles. The lowest BCUT2D eigenvalue weighted by Gasteiger charge is -2.28. The number of hydrogen-bond acceptors (Lipinski definition) is 0. The van der Waals surface area contributed by atoms with Crippen molar-refractivity contribution in [2.75, 3.05) is 0 Å². The molecule has 0 aromatic carbocycles. The van der Waals surface area contributed by atoms with Gasteiger partial charge in [-0.15, -0.1) is 0 Å². The maximum Gasteiger partial charge on any atom is -0.0208 e. The smallest absolute Gasteiger partial charge is 0.0208 e. The van der Waals surface area contributed by atoms with Crippen LogP contribution in [0.25, 0.3) is 0 Å². The van der Waals surface area contributed by atoms with Crippen LogP contribution in [0.1, 0.15) is 45.4 Å². The average molecular weight is 150 g/mol. The van der Waals surface area contributed by atoms with Gasteiger partial charge in [-0.05, 0) is 56.8 Å². The van der Waals surface area contributed by atoms with Crippen LogP contribution in [0.5, 0.6) is 0 Å². The van der Waals surface area contributed by atoms with Crippen molar-refractivity contribution in [3.8, 4) is 0 Å². The van der Waals surface area contributed by atoms with Crippen molar-refractivity contribution < 1.29 is 0 Å². The maximum absolute atomic E-state index is 4.05. The fourth-order valence-electron chi connectivity index (χ4n) is 2.40. The van der Waals surface area contributed by atoms with Crippen LogP contribution in [0.3, 0.4) is 0 Å². The van der Waals surface area contributed by atoms with Gasteiger partial charge in [0.2, 0.25) is 0 Å². The van der Waals surface area contributed by atoms with E-state index in [1.54, 1.807) is 0 Å². The summed E-state index contributed by atoms with van der Waals surface area (Å²) in [7, 11) is 0. The first-order valence-corrected chi connectivity index (χ1v) is 4.87. The highest BCUT2D eigenvalue weighted by Gasteiger charge is 2.44. The molecule has 0 saturated heterocycles. The number of allylic oxidation sites excluding steroid dienone is 1. The first-order chi connectivity index (χ1) is 5.22. The lowest BCUT2D eigenvalue weighted by Crippen LogP contribution is -2.15. The highest BCUT2D eigenvalue weighted by atomic mass is 14.5. The Labute approximate surface area is 69.7 Å². The summed E-state index contributed by atoms with van der Waals surface area (Å²) in [5.41, 5.74) is 2.27. The van der Waals surface area contributed by atoms with Crippen LogP contribution in [0.15, 0.2) is 12.2 Å². The van der Waals surface area contributed by atoms with E-state index in [2.05, 4.69) is 13.5 Å². The molecule has 62 valence electrons. The average Bonchev–Trinajstić information content (AvgIpc) is 2.70. The molecule has 0 heteroatoms.